The van der Waals surface area contributed by atoms with Crippen molar-refractivity contribution in [1.82, 2.24) is 25.9 Å². The van der Waals surface area contributed by atoms with Crippen molar-refractivity contribution in [3.05, 3.63) is 18.2 Å². The zero-order valence-electron chi connectivity index (χ0n) is 19.6. The van der Waals surface area contributed by atoms with Gasteiger partial charge in [-0.2, -0.15) is 0 Å². The van der Waals surface area contributed by atoms with Crippen LogP contribution in [-0.4, -0.2) is 81.2 Å². The van der Waals surface area contributed by atoms with Gasteiger partial charge in [0.2, 0.25) is 17.7 Å². The maximum Gasteiger partial charge on any atom is 0.326 e. The Hall–Kier alpha value is -3.03. The lowest BCUT2D eigenvalue weighted by Gasteiger charge is -2.27. The summed E-state index contributed by atoms with van der Waals surface area (Å²) < 4.78 is 0. The second-order valence-corrected chi connectivity index (χ2v) is 8.19. The third-order valence-electron chi connectivity index (χ3n) is 5.50. The van der Waals surface area contributed by atoms with Gasteiger partial charge >= 0.3 is 5.97 Å². The summed E-state index contributed by atoms with van der Waals surface area (Å²) in [6.07, 6.45) is 4.94. The van der Waals surface area contributed by atoms with E-state index in [1.807, 2.05) is 6.92 Å². The first-order valence-corrected chi connectivity index (χ1v) is 11.3. The number of nitrogens with zero attached hydrogens (tertiary/aromatic N) is 1. The Morgan fingerprint density at radius 1 is 1.09 bits per heavy atom. The summed E-state index contributed by atoms with van der Waals surface area (Å²) >= 11 is 0. The van der Waals surface area contributed by atoms with Crippen LogP contribution in [0, 0.1) is 5.92 Å². The highest BCUT2D eigenvalue weighted by Gasteiger charge is 2.32. The molecule has 0 saturated heterocycles. The van der Waals surface area contributed by atoms with Gasteiger partial charge in [0.05, 0.1) is 19.0 Å². The number of hydrogen-bond donors (Lipinski definition) is 8. The number of carbonyl (C=O) groups is 4. The van der Waals surface area contributed by atoms with Gasteiger partial charge in [0.25, 0.3) is 0 Å². The number of carboxylic acid groups (broad SMARTS) is 1. The minimum atomic E-state index is -1.35. The molecule has 5 atom stereocenters. The van der Waals surface area contributed by atoms with E-state index in [-0.39, 0.29) is 18.8 Å². The third-order valence-corrected chi connectivity index (χ3v) is 5.50. The number of rotatable bonds is 16. The molecule has 13 heteroatoms. The standard InChI is InChI=1S/C21H37N7O6/c1-3-12(2)17(20(32)26-15(21(33)34)6-4-5-7-22)28-19(31)16(10-29)27-18(30)14(23)8-13-9-24-11-25-13/h9,11-12,14-17,29H,3-8,10,22-23H2,1-2H3,(H,24,25)(H,26,32)(H,27,30)(H,28,31)(H,33,34). The number of aliphatic hydroxyl groups is 1. The van der Waals surface area contributed by atoms with Gasteiger partial charge in [-0.25, -0.2) is 9.78 Å². The van der Waals surface area contributed by atoms with Gasteiger partial charge in [-0.05, 0) is 31.7 Å². The monoisotopic (exact) mass is 483 g/mol. The first-order valence-electron chi connectivity index (χ1n) is 11.3. The maximum absolute atomic E-state index is 12.9. The van der Waals surface area contributed by atoms with Crippen LogP contribution in [0.15, 0.2) is 12.5 Å². The van der Waals surface area contributed by atoms with Crippen molar-refractivity contribution >= 4 is 23.7 Å². The van der Waals surface area contributed by atoms with Gasteiger partial charge in [0.15, 0.2) is 0 Å². The molecule has 1 heterocycles. The van der Waals surface area contributed by atoms with Crippen molar-refractivity contribution in [1.29, 1.82) is 0 Å². The largest absolute Gasteiger partial charge is 0.480 e. The maximum atomic E-state index is 12.9. The smallest absolute Gasteiger partial charge is 0.326 e. The van der Waals surface area contributed by atoms with Crippen molar-refractivity contribution in [3.63, 3.8) is 0 Å². The molecule has 3 amide bonds. The van der Waals surface area contributed by atoms with Crippen LogP contribution in [0.3, 0.4) is 0 Å². The second-order valence-electron chi connectivity index (χ2n) is 8.19. The molecule has 13 nitrogen and oxygen atoms in total. The third kappa shape index (κ3) is 9.45. The van der Waals surface area contributed by atoms with Gasteiger partial charge in [-0.15, -0.1) is 0 Å². The average molecular weight is 484 g/mol. The van der Waals surface area contributed by atoms with Crippen LogP contribution in [0.1, 0.15) is 45.2 Å². The molecule has 1 aromatic rings. The summed E-state index contributed by atoms with van der Waals surface area (Å²) in [7, 11) is 0. The van der Waals surface area contributed by atoms with E-state index in [0.717, 1.165) is 0 Å². The number of unbranched alkanes of at least 4 members (excludes halogenated alkanes) is 1. The van der Waals surface area contributed by atoms with Gasteiger partial charge in [0, 0.05) is 18.3 Å². The predicted octanol–water partition coefficient (Wildman–Crippen LogP) is -2.01. The predicted molar refractivity (Wildman–Crippen MR) is 123 cm³/mol. The van der Waals surface area contributed by atoms with Crippen LogP contribution in [0.5, 0.6) is 0 Å². The lowest BCUT2D eigenvalue weighted by Crippen LogP contribution is -2.59. The molecule has 0 fully saturated rings. The number of aromatic nitrogens is 2. The number of aliphatic carboxylic acids is 1. The molecule has 0 aromatic carbocycles. The van der Waals surface area contributed by atoms with Crippen LogP contribution in [0.25, 0.3) is 0 Å². The van der Waals surface area contributed by atoms with E-state index >= 15 is 0 Å². The highest BCUT2D eigenvalue weighted by Crippen LogP contribution is 2.10. The van der Waals surface area contributed by atoms with Crippen LogP contribution in [0.4, 0.5) is 0 Å². The number of hydrogen-bond acceptors (Lipinski definition) is 8. The number of nitrogens with one attached hydrogen (secondary N) is 4. The zero-order valence-corrected chi connectivity index (χ0v) is 19.6. The van der Waals surface area contributed by atoms with Crippen molar-refractivity contribution in [3.8, 4) is 0 Å². The number of imidazole rings is 1. The molecule has 0 aliphatic heterocycles. The topological polar surface area (TPSA) is 226 Å². The van der Waals surface area contributed by atoms with Crippen LogP contribution >= 0.6 is 0 Å². The van der Waals surface area contributed by atoms with E-state index in [9.17, 15) is 29.4 Å². The lowest BCUT2D eigenvalue weighted by molar-refractivity contribution is -0.143. The molecule has 0 aliphatic rings. The van der Waals surface area contributed by atoms with E-state index < -0.39 is 54.5 Å². The van der Waals surface area contributed by atoms with Gasteiger partial charge in [-0.3, -0.25) is 14.4 Å². The fourth-order valence-electron chi connectivity index (χ4n) is 3.17. The molecule has 192 valence electrons. The Kier molecular flexibility index (Phi) is 12.8. The minimum absolute atomic E-state index is 0.143. The molecule has 0 bridgehead atoms. The number of carboxylic acids is 1. The van der Waals surface area contributed by atoms with Gasteiger partial charge in [-0.1, -0.05) is 20.3 Å². The molecule has 1 rings (SSSR count). The number of carbonyl (C=O) groups excluding carboxylic acids is 3. The Balaban J connectivity index is 2.81. The van der Waals surface area contributed by atoms with Crippen molar-refractivity contribution in [2.75, 3.05) is 13.2 Å². The van der Waals surface area contributed by atoms with E-state index in [2.05, 4.69) is 25.9 Å². The lowest BCUT2D eigenvalue weighted by atomic mass is 9.97. The van der Waals surface area contributed by atoms with Crippen molar-refractivity contribution < 1.29 is 29.4 Å². The molecule has 34 heavy (non-hydrogen) atoms. The number of H-pyrrole nitrogens is 1. The SMILES string of the molecule is CCC(C)C(NC(=O)C(CO)NC(=O)C(N)Cc1cnc[nH]1)C(=O)NC(CCCCN)C(=O)O. The Morgan fingerprint density at radius 3 is 2.29 bits per heavy atom. The first kappa shape index (κ1) is 29.0. The second kappa shape index (κ2) is 15.0. The molecule has 0 radical (unpaired) electrons. The van der Waals surface area contributed by atoms with Crippen molar-refractivity contribution in [2.24, 2.45) is 17.4 Å². The Bertz CT molecular complexity index is 789. The van der Waals surface area contributed by atoms with E-state index in [1.165, 1.54) is 12.5 Å². The minimum Gasteiger partial charge on any atom is -0.480 e. The number of aromatic amines is 1. The van der Waals surface area contributed by atoms with E-state index in [4.69, 9.17) is 11.5 Å². The van der Waals surface area contributed by atoms with Crippen LogP contribution < -0.4 is 27.4 Å². The van der Waals surface area contributed by atoms with Crippen LogP contribution in [-0.2, 0) is 25.6 Å². The van der Waals surface area contributed by atoms with E-state index in [1.54, 1.807) is 6.92 Å². The summed E-state index contributed by atoms with van der Waals surface area (Å²) in [5.41, 5.74) is 11.9. The van der Waals surface area contributed by atoms with Crippen molar-refractivity contribution in [2.45, 2.75) is 70.1 Å². The summed E-state index contributed by atoms with van der Waals surface area (Å²) in [6.45, 7) is 3.22. The van der Waals surface area contributed by atoms with Crippen LogP contribution in [0.2, 0.25) is 0 Å². The normalized spacial score (nSPS) is 15.4. The first-order chi connectivity index (χ1) is 16.1. The molecule has 0 aliphatic carbocycles. The molecule has 0 saturated carbocycles. The number of nitrogens with two attached hydrogens (primary N) is 2. The highest BCUT2D eigenvalue weighted by atomic mass is 16.4. The fraction of sp³-hybridized carbons (Fsp3) is 0.667. The zero-order chi connectivity index (χ0) is 25.7. The summed E-state index contributed by atoms with van der Waals surface area (Å²) in [5.74, 6) is -3.66. The Labute approximate surface area is 198 Å². The average Bonchev–Trinajstić information content (AvgIpc) is 3.32. The molecule has 5 unspecified atom stereocenters. The molecule has 0 spiro atoms. The number of amides is 3. The van der Waals surface area contributed by atoms with Gasteiger partial charge in [0.1, 0.15) is 18.1 Å². The summed E-state index contributed by atoms with van der Waals surface area (Å²) in [4.78, 5) is 56.2. The Morgan fingerprint density at radius 2 is 1.76 bits per heavy atom. The van der Waals surface area contributed by atoms with Gasteiger partial charge < -0.3 is 42.6 Å². The van der Waals surface area contributed by atoms with E-state index in [0.29, 0.717) is 31.5 Å². The number of aliphatic hydroxyl groups excluding tert-OH is 1. The highest BCUT2D eigenvalue weighted by molar-refractivity contribution is 5.94. The quantitative estimate of drug-likeness (QED) is 0.121. The fourth-order valence-corrected chi connectivity index (χ4v) is 3.17. The molecular formula is C21H37N7O6. The summed E-state index contributed by atoms with van der Waals surface area (Å²) in [6, 6.07) is -4.55. The molecular weight excluding hydrogens is 446 g/mol. The molecule has 1 aromatic heterocycles. The summed E-state index contributed by atoms with van der Waals surface area (Å²) in [5, 5.41) is 26.4. The molecule has 10 N–H and O–H groups in total.